The number of hydrogen-bond donors (Lipinski definition) is 0. The van der Waals surface area contributed by atoms with Crippen LogP contribution in [0.2, 0.25) is 0 Å². The Morgan fingerprint density at radius 3 is 2.00 bits per heavy atom. The van der Waals surface area contributed by atoms with Crippen LogP contribution in [0.25, 0.3) is 50.1 Å². The first-order valence-electron chi connectivity index (χ1n) is 23.3. The first kappa shape index (κ1) is 36.8. The maximum absolute atomic E-state index is 5.43. The standard InChI is InChI=1S/C64H45N/c1-40(41-17-16-18-42(37-41)43-33-35-52-50-24-6-13-30-58(50)64(61(52)39-43)56-28-11-4-22-48(56)49-23-5-12-29-57(49)64)65-62-32-15-8-19-45(62)44-34-36-60-53(38-44)51-25-7-14-31-59(51)63(60)54-26-9-2-20-46(54)47-21-3-10-27-55(47)63/h2-11,13-28,30-39,46,54H,12,29H2,1H3. The molecule has 0 aromatic heterocycles. The van der Waals surface area contributed by atoms with Crippen LogP contribution in [0.5, 0.6) is 0 Å². The summed E-state index contributed by atoms with van der Waals surface area (Å²) in [5.41, 5.74) is 27.0. The average molecular weight is 828 g/mol. The van der Waals surface area contributed by atoms with Gasteiger partial charge in [-0.05, 0) is 144 Å². The zero-order valence-electron chi connectivity index (χ0n) is 36.3. The molecular formula is C64H45N. The summed E-state index contributed by atoms with van der Waals surface area (Å²) >= 11 is 0. The molecule has 0 heterocycles. The Balaban J connectivity index is 0.854. The summed E-state index contributed by atoms with van der Waals surface area (Å²) in [5, 5.41) is 0. The summed E-state index contributed by atoms with van der Waals surface area (Å²) in [4.78, 5) is 5.43. The fourth-order valence-corrected chi connectivity index (χ4v) is 13.4. The minimum atomic E-state index is -0.286. The largest absolute Gasteiger partial charge is 0.252 e. The third-order valence-electron chi connectivity index (χ3n) is 15.9. The summed E-state index contributed by atoms with van der Waals surface area (Å²) < 4.78 is 0. The van der Waals surface area contributed by atoms with E-state index in [0.717, 1.165) is 35.4 Å². The van der Waals surface area contributed by atoms with Crippen molar-refractivity contribution in [2.75, 3.05) is 0 Å². The van der Waals surface area contributed by atoms with E-state index < -0.39 is 0 Å². The highest BCUT2D eigenvalue weighted by atomic mass is 14.7. The molecule has 14 rings (SSSR count). The Bertz CT molecular complexity index is 3530. The number of rotatable bonds is 4. The van der Waals surface area contributed by atoms with E-state index in [9.17, 15) is 0 Å². The molecule has 0 saturated heterocycles. The quantitative estimate of drug-likeness (QED) is 0.157. The molecule has 65 heavy (non-hydrogen) atoms. The van der Waals surface area contributed by atoms with E-state index in [1.165, 1.54) is 89.0 Å². The summed E-state index contributed by atoms with van der Waals surface area (Å²) in [6, 6.07) is 68.7. The maximum atomic E-state index is 5.43. The number of para-hydroxylation sites is 1. The molecule has 0 amide bonds. The molecule has 306 valence electrons. The molecule has 6 aliphatic rings. The smallest absolute Gasteiger partial charge is 0.0711 e. The molecule has 0 saturated carbocycles. The molecule has 0 bridgehead atoms. The van der Waals surface area contributed by atoms with Crippen LogP contribution >= 0.6 is 0 Å². The van der Waals surface area contributed by atoms with Crippen LogP contribution in [0.3, 0.4) is 0 Å². The zero-order chi connectivity index (χ0) is 42.9. The molecule has 1 heteroatoms. The third kappa shape index (κ3) is 4.85. The van der Waals surface area contributed by atoms with Gasteiger partial charge in [0.05, 0.1) is 16.5 Å². The van der Waals surface area contributed by atoms with Crippen molar-refractivity contribution in [1.29, 1.82) is 0 Å². The third-order valence-corrected chi connectivity index (χ3v) is 15.9. The number of allylic oxidation sites excluding steroid dienone is 8. The van der Waals surface area contributed by atoms with Crippen molar-refractivity contribution in [3.63, 3.8) is 0 Å². The van der Waals surface area contributed by atoms with Gasteiger partial charge in [0.2, 0.25) is 0 Å². The number of benzene rings is 8. The minimum absolute atomic E-state index is 0.231. The number of fused-ring (bicyclic) bond motifs is 19. The van der Waals surface area contributed by atoms with Crippen LogP contribution in [0, 0.1) is 5.92 Å². The highest BCUT2D eigenvalue weighted by Crippen LogP contribution is 2.66. The second-order valence-corrected chi connectivity index (χ2v) is 18.8. The van der Waals surface area contributed by atoms with Gasteiger partial charge in [-0.15, -0.1) is 0 Å². The highest BCUT2D eigenvalue weighted by molar-refractivity contribution is 6.03. The van der Waals surface area contributed by atoms with Crippen LogP contribution in [-0.4, -0.2) is 5.71 Å². The lowest BCUT2D eigenvalue weighted by molar-refractivity contribution is 0.465. The van der Waals surface area contributed by atoms with Crippen molar-refractivity contribution in [2.24, 2.45) is 10.9 Å². The van der Waals surface area contributed by atoms with Gasteiger partial charge in [-0.2, -0.15) is 0 Å². The normalized spacial score (nSPS) is 22.1. The fraction of sp³-hybridized carbons (Fsp3) is 0.109. The predicted molar refractivity (Wildman–Crippen MR) is 269 cm³/mol. The van der Waals surface area contributed by atoms with E-state index in [1.807, 2.05) is 0 Å². The molecule has 0 radical (unpaired) electrons. The van der Waals surface area contributed by atoms with Gasteiger partial charge >= 0.3 is 0 Å². The van der Waals surface area contributed by atoms with Gasteiger partial charge in [0.25, 0.3) is 0 Å². The Morgan fingerprint density at radius 1 is 0.492 bits per heavy atom. The second-order valence-electron chi connectivity index (χ2n) is 18.8. The van der Waals surface area contributed by atoms with E-state index >= 15 is 0 Å². The first-order valence-corrected chi connectivity index (χ1v) is 23.3. The molecule has 4 unspecified atom stereocenters. The van der Waals surface area contributed by atoms with E-state index in [0.29, 0.717) is 11.8 Å². The molecule has 4 atom stereocenters. The molecule has 0 aliphatic heterocycles. The van der Waals surface area contributed by atoms with E-state index in [1.54, 1.807) is 5.57 Å². The van der Waals surface area contributed by atoms with Crippen molar-refractivity contribution < 1.29 is 0 Å². The van der Waals surface area contributed by atoms with Crippen molar-refractivity contribution in [3.05, 3.63) is 274 Å². The molecular weight excluding hydrogens is 783 g/mol. The SMILES string of the molecule is CC(=Nc1ccccc1-c1ccc2c(c1)-c1ccccc1C21c2ccccc2C2C=CC=CC21)c1cccc(-c2ccc3c(c2)C2(C4=C(C=CCC4)c4ccccc42)c2ccccc2-3)c1. The average Bonchev–Trinajstić information content (AvgIpc) is 4.05. The Hall–Kier alpha value is -7.61. The molecule has 8 aromatic rings. The van der Waals surface area contributed by atoms with Gasteiger partial charge < -0.3 is 0 Å². The Morgan fingerprint density at radius 2 is 1.14 bits per heavy atom. The molecule has 0 N–H and O–H groups in total. The van der Waals surface area contributed by atoms with Crippen LogP contribution in [-0.2, 0) is 10.8 Å². The summed E-state index contributed by atoms with van der Waals surface area (Å²) in [7, 11) is 0. The summed E-state index contributed by atoms with van der Waals surface area (Å²) in [5.74, 6) is 0.675. The number of hydrogen-bond acceptors (Lipinski definition) is 1. The molecule has 1 nitrogen and oxygen atoms in total. The topological polar surface area (TPSA) is 12.4 Å². The molecule has 2 spiro atoms. The van der Waals surface area contributed by atoms with Crippen molar-refractivity contribution >= 4 is 17.0 Å². The van der Waals surface area contributed by atoms with Crippen molar-refractivity contribution in [1.82, 2.24) is 0 Å². The van der Waals surface area contributed by atoms with Crippen LogP contribution in [0.4, 0.5) is 5.69 Å². The lowest BCUT2D eigenvalue weighted by Crippen LogP contribution is -2.32. The summed E-state index contributed by atoms with van der Waals surface area (Å²) in [6.07, 6.45) is 16.2. The van der Waals surface area contributed by atoms with Gasteiger partial charge in [-0.3, -0.25) is 4.99 Å². The number of nitrogens with zero attached hydrogens (tertiary/aromatic N) is 1. The highest BCUT2D eigenvalue weighted by Gasteiger charge is 2.57. The Labute approximate surface area is 381 Å². The fourth-order valence-electron chi connectivity index (χ4n) is 13.4. The molecule has 6 aliphatic carbocycles. The van der Waals surface area contributed by atoms with Gasteiger partial charge in [0.1, 0.15) is 0 Å². The molecule has 0 fully saturated rings. The maximum Gasteiger partial charge on any atom is 0.0711 e. The monoisotopic (exact) mass is 827 g/mol. The molecule has 8 aromatic carbocycles. The van der Waals surface area contributed by atoms with E-state index in [-0.39, 0.29) is 10.8 Å². The van der Waals surface area contributed by atoms with Gasteiger partial charge in [-0.1, -0.05) is 194 Å². The lowest BCUT2D eigenvalue weighted by atomic mass is 9.65. The number of aliphatic imine (C=N–C) groups is 1. The van der Waals surface area contributed by atoms with Crippen LogP contribution < -0.4 is 0 Å². The second kappa shape index (κ2) is 13.7. The summed E-state index contributed by atoms with van der Waals surface area (Å²) in [6.45, 7) is 2.16. The van der Waals surface area contributed by atoms with Gasteiger partial charge in [0.15, 0.2) is 0 Å². The Kier molecular flexibility index (Phi) is 7.76. The van der Waals surface area contributed by atoms with Crippen molar-refractivity contribution in [3.8, 4) is 44.5 Å². The first-order chi connectivity index (χ1) is 32.2. The lowest BCUT2D eigenvalue weighted by Gasteiger charge is -2.36. The van der Waals surface area contributed by atoms with Gasteiger partial charge in [-0.25, -0.2) is 0 Å². The zero-order valence-corrected chi connectivity index (χ0v) is 36.3. The van der Waals surface area contributed by atoms with Crippen molar-refractivity contribution in [2.45, 2.75) is 36.5 Å². The minimum Gasteiger partial charge on any atom is -0.252 e. The van der Waals surface area contributed by atoms with Gasteiger partial charge in [0, 0.05) is 23.1 Å². The van der Waals surface area contributed by atoms with Crippen LogP contribution in [0.1, 0.15) is 75.8 Å². The predicted octanol–water partition coefficient (Wildman–Crippen LogP) is 15.7. The van der Waals surface area contributed by atoms with Crippen LogP contribution in [0.15, 0.2) is 229 Å². The van der Waals surface area contributed by atoms with E-state index in [4.69, 9.17) is 4.99 Å². The van der Waals surface area contributed by atoms with E-state index in [2.05, 4.69) is 225 Å².